The van der Waals surface area contributed by atoms with Gasteiger partial charge in [0.1, 0.15) is 12.4 Å². The molecule has 1 atom stereocenters. The van der Waals surface area contributed by atoms with Crippen molar-refractivity contribution in [3.05, 3.63) is 40.9 Å². The second-order valence-electron chi connectivity index (χ2n) is 4.53. The summed E-state index contributed by atoms with van der Waals surface area (Å²) < 4.78 is 15.6. The van der Waals surface area contributed by atoms with E-state index in [1.807, 2.05) is 37.3 Å². The molecular weight excluding hydrogens is 302 g/mol. The zero-order valence-corrected chi connectivity index (χ0v) is 13.7. The van der Waals surface area contributed by atoms with E-state index in [-0.39, 0.29) is 12.4 Å². The summed E-state index contributed by atoms with van der Waals surface area (Å²) in [6.45, 7) is 2.24. The predicted molar refractivity (Wildman–Crippen MR) is 89.4 cm³/mol. The molecule has 118 valence electrons. The fourth-order valence-corrected chi connectivity index (χ4v) is 3.64. The van der Waals surface area contributed by atoms with E-state index in [1.54, 1.807) is 12.7 Å². The van der Waals surface area contributed by atoms with E-state index < -0.39 is 10.5 Å². The summed E-state index contributed by atoms with van der Waals surface area (Å²) in [6.07, 6.45) is 0.188. The second kappa shape index (κ2) is 7.91. The minimum absolute atomic E-state index is 0.188. The van der Waals surface area contributed by atoms with Crippen molar-refractivity contribution in [1.29, 1.82) is 0 Å². The molecule has 0 spiro atoms. The Kier molecular flexibility index (Phi) is 5.91. The summed E-state index contributed by atoms with van der Waals surface area (Å²) in [4.78, 5) is 17.1. The number of methoxy groups -OCH3 is 2. The lowest BCUT2D eigenvalue weighted by Gasteiger charge is -2.09. The fourth-order valence-electron chi connectivity index (χ4n) is 1.99. The molecule has 0 saturated carbocycles. The highest BCUT2D eigenvalue weighted by Crippen LogP contribution is 2.38. The molecule has 0 aliphatic carbocycles. The molecule has 0 aromatic heterocycles. The van der Waals surface area contributed by atoms with Crippen LogP contribution in [0.3, 0.4) is 0 Å². The standard InChI is InChI=1S/C16H19NO4S/c1-12-17-14(10-21-13-7-5-4-6-8-13)15(9-16(18)20-3)22(12)11-19-2/h4-8,11H,9-10H2,1-3H3. The van der Waals surface area contributed by atoms with E-state index >= 15 is 0 Å². The summed E-state index contributed by atoms with van der Waals surface area (Å²) in [5, 5.41) is 0.910. The average molecular weight is 321 g/mol. The third-order valence-corrected chi connectivity index (χ3v) is 5.07. The Morgan fingerprint density at radius 3 is 2.64 bits per heavy atom. The van der Waals surface area contributed by atoms with Crippen molar-refractivity contribution < 1.29 is 19.0 Å². The molecule has 1 aromatic carbocycles. The molecule has 0 saturated heterocycles. The van der Waals surface area contributed by atoms with Crippen molar-refractivity contribution in [3.8, 4) is 5.75 Å². The van der Waals surface area contributed by atoms with Crippen molar-refractivity contribution in [2.24, 2.45) is 4.99 Å². The number of nitrogens with zero attached hydrogens (tertiary/aromatic N) is 1. The number of rotatable bonds is 6. The van der Waals surface area contributed by atoms with Crippen LogP contribution in [-0.2, 0) is 14.3 Å². The lowest BCUT2D eigenvalue weighted by atomic mass is 10.3. The maximum atomic E-state index is 11.6. The summed E-state index contributed by atoms with van der Waals surface area (Å²) in [6, 6.07) is 9.51. The quantitative estimate of drug-likeness (QED) is 0.597. The van der Waals surface area contributed by atoms with Gasteiger partial charge in [-0.3, -0.25) is 4.79 Å². The van der Waals surface area contributed by atoms with Gasteiger partial charge in [-0.1, -0.05) is 28.7 Å². The SMILES string of the molecule is COC=S1C(C)=NC(COc2ccccc2)=C1CC(=O)OC. The number of ether oxygens (including phenoxy) is 3. The van der Waals surface area contributed by atoms with Gasteiger partial charge in [-0.25, -0.2) is 4.99 Å². The molecule has 1 aliphatic rings. The van der Waals surface area contributed by atoms with E-state index in [2.05, 4.69) is 4.99 Å². The highest BCUT2D eigenvalue weighted by Gasteiger charge is 2.23. The minimum atomic E-state index is -0.418. The Labute approximate surface area is 132 Å². The smallest absolute Gasteiger partial charge is 0.310 e. The number of benzene rings is 1. The maximum Gasteiger partial charge on any atom is 0.310 e. The highest BCUT2D eigenvalue weighted by atomic mass is 32.2. The first-order valence-corrected chi connectivity index (χ1v) is 8.05. The van der Waals surface area contributed by atoms with E-state index in [0.29, 0.717) is 6.61 Å². The van der Waals surface area contributed by atoms with Crippen LogP contribution in [0.5, 0.6) is 5.75 Å². The zero-order chi connectivity index (χ0) is 15.9. The van der Waals surface area contributed by atoms with Crippen LogP contribution in [0.15, 0.2) is 45.9 Å². The van der Waals surface area contributed by atoms with Crippen molar-refractivity contribution in [3.63, 3.8) is 0 Å². The number of hydrogen-bond donors (Lipinski definition) is 0. The average Bonchev–Trinajstić information content (AvgIpc) is 2.82. The molecular formula is C16H19NO4S. The van der Waals surface area contributed by atoms with Crippen LogP contribution in [0.2, 0.25) is 0 Å². The first-order chi connectivity index (χ1) is 10.7. The Morgan fingerprint density at radius 2 is 2.00 bits per heavy atom. The largest absolute Gasteiger partial charge is 0.487 e. The van der Waals surface area contributed by atoms with Crippen LogP contribution in [0, 0.1) is 0 Å². The van der Waals surface area contributed by atoms with Gasteiger partial charge in [0.15, 0.2) is 0 Å². The molecule has 0 fully saturated rings. The Hall–Kier alpha value is -1.92. The van der Waals surface area contributed by atoms with Crippen molar-refractivity contribution >= 4 is 27.1 Å². The molecule has 0 bridgehead atoms. The summed E-state index contributed by atoms with van der Waals surface area (Å²) in [5.74, 6) is 0.474. The number of para-hydroxylation sites is 1. The summed E-state index contributed by atoms with van der Waals surface area (Å²) in [5.41, 5.74) is 2.47. The molecule has 1 heterocycles. The topological polar surface area (TPSA) is 57.1 Å². The normalized spacial score (nSPS) is 17.6. The molecule has 1 unspecified atom stereocenters. The van der Waals surface area contributed by atoms with E-state index in [1.165, 1.54) is 7.11 Å². The van der Waals surface area contributed by atoms with Gasteiger partial charge >= 0.3 is 5.97 Å². The number of esters is 1. The van der Waals surface area contributed by atoms with Gasteiger partial charge in [-0.05, 0) is 19.1 Å². The van der Waals surface area contributed by atoms with Gasteiger partial charge < -0.3 is 14.2 Å². The van der Waals surface area contributed by atoms with Gasteiger partial charge in [0.05, 0.1) is 29.8 Å². The molecule has 6 heteroatoms. The van der Waals surface area contributed by atoms with Gasteiger partial charge in [-0.15, -0.1) is 0 Å². The second-order valence-corrected chi connectivity index (χ2v) is 6.48. The molecule has 0 amide bonds. The molecule has 2 rings (SSSR count). The third kappa shape index (κ3) is 4.05. The van der Waals surface area contributed by atoms with Gasteiger partial charge in [0.25, 0.3) is 0 Å². The molecule has 22 heavy (non-hydrogen) atoms. The fraction of sp³-hybridized carbons (Fsp3) is 0.312. The third-order valence-electron chi connectivity index (χ3n) is 3.04. The number of carbonyl (C=O) groups is 1. The first kappa shape index (κ1) is 16.5. The number of aliphatic imine (C=N–C) groups is 1. The maximum absolute atomic E-state index is 11.6. The number of carbonyl (C=O) groups excluding carboxylic acids is 1. The molecule has 0 radical (unpaired) electrons. The summed E-state index contributed by atoms with van der Waals surface area (Å²) >= 11 is 0. The van der Waals surface area contributed by atoms with Crippen molar-refractivity contribution in [1.82, 2.24) is 0 Å². The molecule has 0 N–H and O–H groups in total. The Balaban J connectivity index is 2.21. The Morgan fingerprint density at radius 1 is 1.27 bits per heavy atom. The molecule has 5 nitrogen and oxygen atoms in total. The number of hydrogen-bond acceptors (Lipinski definition) is 5. The van der Waals surface area contributed by atoms with Gasteiger partial charge in [-0.2, -0.15) is 0 Å². The zero-order valence-electron chi connectivity index (χ0n) is 12.9. The van der Waals surface area contributed by atoms with E-state index in [0.717, 1.165) is 21.4 Å². The van der Waals surface area contributed by atoms with Crippen molar-refractivity contribution in [2.75, 3.05) is 20.8 Å². The van der Waals surface area contributed by atoms with Crippen LogP contribution in [0.1, 0.15) is 13.3 Å². The van der Waals surface area contributed by atoms with Crippen LogP contribution >= 0.6 is 10.5 Å². The molecule has 1 aromatic rings. The lowest BCUT2D eigenvalue weighted by Crippen LogP contribution is -2.05. The lowest BCUT2D eigenvalue weighted by molar-refractivity contribution is -0.139. The van der Waals surface area contributed by atoms with Gasteiger partial charge in [0, 0.05) is 12.0 Å². The van der Waals surface area contributed by atoms with Crippen LogP contribution in [-0.4, -0.2) is 37.4 Å². The van der Waals surface area contributed by atoms with Gasteiger partial charge in [0.2, 0.25) is 0 Å². The van der Waals surface area contributed by atoms with E-state index in [4.69, 9.17) is 14.2 Å². The van der Waals surface area contributed by atoms with Crippen LogP contribution < -0.4 is 4.74 Å². The van der Waals surface area contributed by atoms with Crippen LogP contribution in [0.4, 0.5) is 0 Å². The molecule has 1 aliphatic heterocycles. The minimum Gasteiger partial charge on any atom is -0.487 e. The predicted octanol–water partition coefficient (Wildman–Crippen LogP) is 2.95. The van der Waals surface area contributed by atoms with Crippen molar-refractivity contribution in [2.45, 2.75) is 13.3 Å². The van der Waals surface area contributed by atoms with Crippen LogP contribution in [0.25, 0.3) is 0 Å². The monoisotopic (exact) mass is 321 g/mol. The highest BCUT2D eigenvalue weighted by molar-refractivity contribution is 8.31. The first-order valence-electron chi connectivity index (χ1n) is 6.77. The van der Waals surface area contributed by atoms with E-state index in [9.17, 15) is 4.79 Å². The Bertz CT molecular complexity index is 635. The summed E-state index contributed by atoms with van der Waals surface area (Å²) in [7, 11) is 2.55.